The van der Waals surface area contributed by atoms with Crippen molar-refractivity contribution in [3.8, 4) is 0 Å². The zero-order chi connectivity index (χ0) is 30.1. The highest BCUT2D eigenvalue weighted by Crippen LogP contribution is 2.86. The molecule has 1 aromatic heterocycles. The number of carbonyl (C=O) groups is 2. The minimum absolute atomic E-state index is 0.0827. The third-order valence-corrected chi connectivity index (χ3v) is 13.3. The van der Waals surface area contributed by atoms with Gasteiger partial charge in [0.05, 0.1) is 11.7 Å². The highest BCUT2D eigenvalue weighted by Gasteiger charge is 2.79. The predicted molar refractivity (Wildman–Crippen MR) is 161 cm³/mol. The van der Waals surface area contributed by atoms with E-state index in [2.05, 4.69) is 24.9 Å². The first-order valence-electron chi connectivity index (χ1n) is 16.6. The Morgan fingerprint density at radius 2 is 1.79 bits per heavy atom. The average Bonchev–Trinajstić information content (AvgIpc) is 3.59. The van der Waals surface area contributed by atoms with Crippen molar-refractivity contribution in [1.82, 2.24) is 4.98 Å². The molecular formula is C36H47NO6. The summed E-state index contributed by atoms with van der Waals surface area (Å²) in [6, 6.07) is 3.46. The number of aliphatic hydroxyl groups is 1. The third-order valence-electron chi connectivity index (χ3n) is 13.3. The van der Waals surface area contributed by atoms with Crippen LogP contribution in [0.5, 0.6) is 0 Å². The van der Waals surface area contributed by atoms with Crippen LogP contribution in [0.15, 0.2) is 48.0 Å². The van der Waals surface area contributed by atoms with Crippen molar-refractivity contribution < 1.29 is 28.9 Å². The maximum atomic E-state index is 13.0. The van der Waals surface area contributed by atoms with Crippen molar-refractivity contribution in [3.63, 3.8) is 0 Å². The highest BCUT2D eigenvalue weighted by molar-refractivity contribution is 5.89. The van der Waals surface area contributed by atoms with Crippen molar-refractivity contribution in [1.29, 1.82) is 0 Å². The number of ether oxygens (including phenoxy) is 3. The molecule has 2 heterocycles. The van der Waals surface area contributed by atoms with E-state index in [4.69, 9.17) is 14.2 Å². The molecule has 9 unspecified atom stereocenters. The van der Waals surface area contributed by atoms with E-state index in [1.165, 1.54) is 44.6 Å². The molecule has 1 saturated heterocycles. The molecule has 0 radical (unpaired) electrons. The lowest BCUT2D eigenvalue weighted by molar-refractivity contribution is -0.168. The molecule has 5 saturated carbocycles. The van der Waals surface area contributed by atoms with Crippen molar-refractivity contribution in [2.75, 3.05) is 0 Å². The Bertz CT molecular complexity index is 1340. The molecule has 2 spiro atoms. The summed E-state index contributed by atoms with van der Waals surface area (Å²) >= 11 is 0. The molecule has 0 bridgehead atoms. The number of aliphatic hydroxyl groups excluding tert-OH is 1. The Kier molecular flexibility index (Phi) is 7.07. The maximum absolute atomic E-state index is 13.0. The van der Waals surface area contributed by atoms with Gasteiger partial charge in [0.15, 0.2) is 6.10 Å². The summed E-state index contributed by atoms with van der Waals surface area (Å²) in [6.45, 7) is 7.83. The van der Waals surface area contributed by atoms with Gasteiger partial charge >= 0.3 is 11.9 Å². The number of nitrogens with zero attached hydrogens (tertiary/aromatic N) is 1. The van der Waals surface area contributed by atoms with Gasteiger partial charge in [-0.25, -0.2) is 4.79 Å². The first-order chi connectivity index (χ1) is 20.7. The summed E-state index contributed by atoms with van der Waals surface area (Å²) in [6.07, 6.45) is 17.4. The SMILES string of the molecule is C/C=C(\O)C(OC(C)=O)C1CC[C@H]2C(CC3C4CC[C@H]5/C(=C/C)C(OC(=O)c6ccncc6)CCC56CC46CCC32C)O1. The molecule has 6 aliphatic rings. The molecule has 0 amide bonds. The van der Waals surface area contributed by atoms with Crippen LogP contribution in [0.2, 0.25) is 0 Å². The van der Waals surface area contributed by atoms with E-state index >= 15 is 0 Å². The fourth-order valence-electron chi connectivity index (χ4n) is 11.5. The second kappa shape index (κ2) is 10.5. The van der Waals surface area contributed by atoms with E-state index in [9.17, 15) is 14.7 Å². The summed E-state index contributed by atoms with van der Waals surface area (Å²) in [5.74, 6) is 1.79. The van der Waals surface area contributed by atoms with Crippen molar-refractivity contribution in [2.45, 2.75) is 116 Å². The quantitative estimate of drug-likeness (QED) is 0.222. The summed E-state index contributed by atoms with van der Waals surface area (Å²) in [7, 11) is 0. The lowest BCUT2D eigenvalue weighted by Gasteiger charge is -2.56. The highest BCUT2D eigenvalue weighted by atomic mass is 16.6. The third kappa shape index (κ3) is 4.27. The number of esters is 2. The van der Waals surface area contributed by atoms with Gasteiger partial charge in [0.2, 0.25) is 0 Å². The van der Waals surface area contributed by atoms with E-state index in [0.717, 1.165) is 32.1 Å². The van der Waals surface area contributed by atoms with E-state index < -0.39 is 12.1 Å². The Morgan fingerprint density at radius 3 is 2.51 bits per heavy atom. The zero-order valence-electron chi connectivity index (χ0n) is 26.1. The molecule has 0 aromatic carbocycles. The van der Waals surface area contributed by atoms with Crippen molar-refractivity contribution in [2.24, 2.45) is 39.9 Å². The number of hydrogen-bond donors (Lipinski definition) is 1. The fourth-order valence-corrected chi connectivity index (χ4v) is 11.5. The van der Waals surface area contributed by atoms with Crippen LogP contribution in [-0.2, 0) is 19.0 Å². The molecule has 1 aliphatic heterocycles. The fraction of sp³-hybridized carbons (Fsp3) is 0.694. The van der Waals surface area contributed by atoms with E-state index in [-0.39, 0.29) is 35.5 Å². The smallest absolute Gasteiger partial charge is 0.338 e. The van der Waals surface area contributed by atoms with Crippen molar-refractivity contribution in [3.05, 3.63) is 53.6 Å². The first kappa shape index (κ1) is 29.1. The number of hydrogen-bond acceptors (Lipinski definition) is 7. The lowest BCUT2D eigenvalue weighted by Crippen LogP contribution is -2.50. The largest absolute Gasteiger partial charge is 0.509 e. The van der Waals surface area contributed by atoms with Gasteiger partial charge in [-0.05, 0) is 142 Å². The molecule has 11 atom stereocenters. The topological polar surface area (TPSA) is 95.0 Å². The minimum atomic E-state index is -0.727. The molecule has 7 heteroatoms. The first-order valence-corrected chi connectivity index (χ1v) is 16.6. The average molecular weight is 590 g/mol. The monoisotopic (exact) mass is 589 g/mol. The van der Waals surface area contributed by atoms with Crippen LogP contribution in [0.3, 0.4) is 0 Å². The van der Waals surface area contributed by atoms with Gasteiger partial charge in [-0.3, -0.25) is 9.78 Å². The van der Waals surface area contributed by atoms with Gasteiger partial charge < -0.3 is 19.3 Å². The maximum Gasteiger partial charge on any atom is 0.338 e. The molecule has 7 nitrogen and oxygen atoms in total. The van der Waals surface area contributed by atoms with Gasteiger partial charge in [0, 0.05) is 19.3 Å². The Hall–Kier alpha value is -2.67. The van der Waals surface area contributed by atoms with Crippen molar-refractivity contribution >= 4 is 11.9 Å². The summed E-state index contributed by atoms with van der Waals surface area (Å²) in [4.78, 5) is 28.9. The van der Waals surface area contributed by atoms with Crippen LogP contribution in [-0.4, -0.2) is 46.4 Å². The van der Waals surface area contributed by atoms with E-state index in [0.29, 0.717) is 40.1 Å². The number of pyridine rings is 1. The molecule has 232 valence electrons. The zero-order valence-corrected chi connectivity index (χ0v) is 26.1. The number of fused-ring (bicyclic) bond motifs is 4. The Morgan fingerprint density at radius 1 is 1.02 bits per heavy atom. The molecule has 1 aromatic rings. The molecular weight excluding hydrogens is 542 g/mol. The van der Waals surface area contributed by atoms with Crippen LogP contribution >= 0.6 is 0 Å². The van der Waals surface area contributed by atoms with Gasteiger partial charge in [0.1, 0.15) is 18.0 Å². The second-order valence-electron chi connectivity index (χ2n) is 14.7. The van der Waals surface area contributed by atoms with Crippen LogP contribution in [0.25, 0.3) is 0 Å². The molecule has 5 aliphatic carbocycles. The number of allylic oxidation sites excluding steroid dienone is 2. The number of aromatic nitrogens is 1. The second-order valence-corrected chi connectivity index (χ2v) is 14.7. The van der Waals surface area contributed by atoms with Crippen LogP contribution in [0.4, 0.5) is 0 Å². The summed E-state index contributed by atoms with van der Waals surface area (Å²) in [5, 5.41) is 10.6. The van der Waals surface area contributed by atoms with Crippen LogP contribution in [0.1, 0.15) is 102 Å². The lowest BCUT2D eigenvalue weighted by atomic mass is 9.49. The molecule has 7 rings (SSSR count). The number of rotatable bonds is 5. The number of carbonyl (C=O) groups excluding carboxylic acids is 2. The molecule has 6 fully saturated rings. The van der Waals surface area contributed by atoms with Gasteiger partial charge in [-0.2, -0.15) is 0 Å². The van der Waals surface area contributed by atoms with Gasteiger partial charge in [-0.15, -0.1) is 0 Å². The van der Waals surface area contributed by atoms with E-state index in [1.807, 2.05) is 0 Å². The summed E-state index contributed by atoms with van der Waals surface area (Å²) < 4.78 is 18.5. The summed E-state index contributed by atoms with van der Waals surface area (Å²) in [5.41, 5.74) is 2.92. The van der Waals surface area contributed by atoms with Crippen LogP contribution in [0, 0.1) is 39.9 Å². The van der Waals surface area contributed by atoms with E-state index in [1.54, 1.807) is 37.5 Å². The van der Waals surface area contributed by atoms with Crippen LogP contribution < -0.4 is 0 Å². The van der Waals surface area contributed by atoms with Gasteiger partial charge in [0.25, 0.3) is 0 Å². The normalized spacial score (nSPS) is 44.6. The standard InChI is InChI=1S/C36H47NO6/c1-5-23-24-7-8-25-27-19-31-26(9-10-30(42-31)32(28(39)6-2)41-21(3)38)34(27,4)15-16-36(25)20-35(24,36)14-11-29(23)43-33(40)22-12-17-37-18-13-22/h5-6,12-13,17-18,24-27,29-32,39H,7-11,14-16,19-20H2,1-4H3/b23-5-,28-6-/t24-,25?,26-,27?,29?,30?,31?,32?,34?,35?,36?/m0/s1. The Labute approximate surface area is 255 Å². The predicted octanol–water partition coefficient (Wildman–Crippen LogP) is 7.13. The molecule has 43 heavy (non-hydrogen) atoms. The van der Waals surface area contributed by atoms with Gasteiger partial charge in [-0.1, -0.05) is 13.0 Å². The Balaban J connectivity index is 1.08. The minimum Gasteiger partial charge on any atom is -0.509 e. The molecule has 1 N–H and O–H groups in total.